The van der Waals surface area contributed by atoms with Crippen LogP contribution in [0.1, 0.15) is 51.0 Å². The largest absolute Gasteiger partial charge is 0.493 e. The number of benzene rings is 1. The average Bonchev–Trinajstić information content (AvgIpc) is 3.26. The molecule has 2 N–H and O–H groups in total. The van der Waals surface area contributed by atoms with E-state index in [4.69, 9.17) is 4.74 Å². The Kier molecular flexibility index (Phi) is 9.60. The predicted molar refractivity (Wildman–Crippen MR) is 149 cm³/mol. The van der Waals surface area contributed by atoms with E-state index < -0.39 is 21.0 Å². The van der Waals surface area contributed by atoms with Gasteiger partial charge >= 0.3 is 0 Å². The average molecular weight is 593 g/mol. The molecule has 0 aliphatic carbocycles. The highest BCUT2D eigenvalue weighted by Crippen LogP contribution is 2.33. The van der Waals surface area contributed by atoms with Crippen molar-refractivity contribution >= 4 is 15.5 Å². The van der Waals surface area contributed by atoms with Gasteiger partial charge in [-0.2, -0.15) is 4.31 Å². The number of aryl methyl sites for hydroxylation is 2. The van der Waals surface area contributed by atoms with Gasteiger partial charge in [-0.15, -0.1) is 15.2 Å². The Morgan fingerprint density at radius 2 is 2.00 bits per heavy atom. The summed E-state index contributed by atoms with van der Waals surface area (Å²) in [5.74, 6) is 0.899. The second-order valence-electron chi connectivity index (χ2n) is 10.2. The number of rotatable bonds is 13. The molecule has 3 aromatic rings. The van der Waals surface area contributed by atoms with Crippen molar-refractivity contribution < 1.29 is 28.2 Å². The Hall–Kier alpha value is -3.56. The van der Waals surface area contributed by atoms with E-state index in [0.29, 0.717) is 60.6 Å². The number of aromatic amines is 1. The molecule has 1 aliphatic heterocycles. The normalized spacial score (nSPS) is 15.7. The number of imidazole rings is 1. The minimum absolute atomic E-state index is 0.0420. The molecule has 1 saturated heterocycles. The van der Waals surface area contributed by atoms with Crippen LogP contribution in [0.5, 0.6) is 5.75 Å². The number of ether oxygens (including phenoxy) is 1. The van der Waals surface area contributed by atoms with Crippen LogP contribution in [0.4, 0.5) is 0 Å². The summed E-state index contributed by atoms with van der Waals surface area (Å²) in [5, 5.41) is 23.8. The van der Waals surface area contributed by atoms with Crippen LogP contribution < -0.4 is 10.3 Å². The number of aromatic nitrogens is 4. The van der Waals surface area contributed by atoms with E-state index in [9.17, 15) is 28.4 Å². The molecular weight excluding hydrogens is 556 g/mol. The first-order valence-electron chi connectivity index (χ1n) is 13.7. The third kappa shape index (κ3) is 6.68. The Balaban J connectivity index is 1.60. The molecule has 41 heavy (non-hydrogen) atoms. The zero-order valence-electron chi connectivity index (χ0n) is 23.4. The summed E-state index contributed by atoms with van der Waals surface area (Å²) >= 11 is 0. The lowest BCUT2D eigenvalue weighted by molar-refractivity contribution is -0.759. The fourth-order valence-electron chi connectivity index (χ4n) is 5.25. The number of aliphatic hydroxyl groups excluding tert-OH is 1. The van der Waals surface area contributed by atoms with Crippen molar-refractivity contribution in [3.05, 3.63) is 50.2 Å². The number of fused-ring (bicyclic) bond motifs is 1. The molecule has 0 saturated carbocycles. The van der Waals surface area contributed by atoms with E-state index in [1.54, 1.807) is 19.9 Å². The molecule has 3 heterocycles. The molecule has 1 fully saturated rings. The van der Waals surface area contributed by atoms with Gasteiger partial charge in [0, 0.05) is 32.0 Å². The molecule has 1 atom stereocenters. The number of nitrogens with one attached hydrogen (secondary N) is 1. The molecule has 0 spiro atoms. The van der Waals surface area contributed by atoms with Crippen molar-refractivity contribution in [2.45, 2.75) is 57.8 Å². The zero-order valence-corrected chi connectivity index (χ0v) is 24.2. The first kappa shape index (κ1) is 30.4. The quantitative estimate of drug-likeness (QED) is 0.221. The van der Waals surface area contributed by atoms with Gasteiger partial charge in [0.1, 0.15) is 18.2 Å². The minimum atomic E-state index is -3.89. The van der Waals surface area contributed by atoms with Gasteiger partial charge in [-0.25, -0.2) is 17.9 Å². The van der Waals surface area contributed by atoms with Gasteiger partial charge in [0.15, 0.2) is 11.3 Å². The second-order valence-corrected chi connectivity index (χ2v) is 12.1. The van der Waals surface area contributed by atoms with Gasteiger partial charge < -0.3 is 19.7 Å². The van der Waals surface area contributed by atoms with E-state index >= 15 is 0 Å². The van der Waals surface area contributed by atoms with Crippen molar-refractivity contribution in [1.29, 1.82) is 0 Å². The minimum Gasteiger partial charge on any atom is -0.493 e. The van der Waals surface area contributed by atoms with E-state index in [-0.39, 0.29) is 48.5 Å². The van der Waals surface area contributed by atoms with Gasteiger partial charge in [0.2, 0.25) is 10.0 Å². The Morgan fingerprint density at radius 1 is 1.27 bits per heavy atom. The maximum Gasteiger partial charge on any atom is 0.294 e. The highest BCUT2D eigenvalue weighted by Gasteiger charge is 2.31. The van der Waals surface area contributed by atoms with Gasteiger partial charge in [-0.1, -0.05) is 6.92 Å². The van der Waals surface area contributed by atoms with Gasteiger partial charge in [0.05, 0.1) is 22.8 Å². The van der Waals surface area contributed by atoms with Crippen molar-refractivity contribution in [2.75, 3.05) is 32.9 Å². The van der Waals surface area contributed by atoms with Gasteiger partial charge in [0.25, 0.3) is 10.6 Å². The number of piperidine rings is 1. The van der Waals surface area contributed by atoms with E-state index in [0.717, 1.165) is 6.42 Å². The summed E-state index contributed by atoms with van der Waals surface area (Å²) in [6, 6.07) is 4.51. The maximum atomic E-state index is 13.7. The second kappa shape index (κ2) is 13.0. The highest BCUT2D eigenvalue weighted by atomic mass is 32.2. The molecule has 0 bridgehead atoms. The first-order chi connectivity index (χ1) is 19.6. The molecule has 14 nitrogen and oxygen atoms in total. The zero-order chi connectivity index (χ0) is 29.7. The number of H-pyrrole nitrogens is 1. The molecule has 0 radical (unpaired) electrons. The molecule has 1 aromatic carbocycles. The number of hydrogen-bond donors (Lipinski definition) is 2. The van der Waals surface area contributed by atoms with Crippen molar-refractivity contribution in [2.24, 2.45) is 11.8 Å². The fraction of sp³-hybridized carbons (Fsp3) is 0.577. The summed E-state index contributed by atoms with van der Waals surface area (Å²) < 4.78 is 36.0. The smallest absolute Gasteiger partial charge is 0.294 e. The molecule has 1 aliphatic rings. The number of hydrogen-bond acceptors (Lipinski definition) is 10. The molecule has 4 rings (SSSR count). The van der Waals surface area contributed by atoms with E-state index in [2.05, 4.69) is 19.9 Å². The number of aliphatic hydroxyl groups is 1. The van der Waals surface area contributed by atoms with Crippen LogP contribution in [0, 0.1) is 28.9 Å². The van der Waals surface area contributed by atoms with E-state index in [1.807, 2.05) is 6.92 Å². The Morgan fingerprint density at radius 3 is 2.63 bits per heavy atom. The molecule has 0 amide bonds. The topological polar surface area (TPSA) is 182 Å². The lowest BCUT2D eigenvalue weighted by atomic mass is 9.88. The SMILES string of the molecule is CCCc1nc(C)c2c(=O)[nH]c(-c3cc(S(=O)(=O)N4CCC(CC(CO)CO[N+](=O)[O-])CC4)ccc3OCC)nn12. The number of nitrogens with zero attached hydrogens (tertiary/aromatic N) is 5. The van der Waals surface area contributed by atoms with Crippen LogP contribution in [0.15, 0.2) is 27.9 Å². The highest BCUT2D eigenvalue weighted by molar-refractivity contribution is 7.89. The van der Waals surface area contributed by atoms with Crippen molar-refractivity contribution in [3.63, 3.8) is 0 Å². The van der Waals surface area contributed by atoms with Crippen LogP contribution in [-0.4, -0.2) is 75.4 Å². The summed E-state index contributed by atoms with van der Waals surface area (Å²) in [4.78, 5) is 35.2. The van der Waals surface area contributed by atoms with Crippen LogP contribution in [0.2, 0.25) is 0 Å². The monoisotopic (exact) mass is 592 g/mol. The third-order valence-electron chi connectivity index (χ3n) is 7.27. The van der Waals surface area contributed by atoms with Crippen LogP contribution in [-0.2, 0) is 21.3 Å². The lowest BCUT2D eigenvalue weighted by Crippen LogP contribution is -2.39. The lowest BCUT2D eigenvalue weighted by Gasteiger charge is -2.32. The Labute approximate surface area is 237 Å². The Bertz CT molecular complexity index is 1550. The van der Waals surface area contributed by atoms with Crippen LogP contribution >= 0.6 is 0 Å². The first-order valence-corrected chi connectivity index (χ1v) is 15.2. The van der Waals surface area contributed by atoms with Crippen molar-refractivity contribution in [3.8, 4) is 17.1 Å². The van der Waals surface area contributed by atoms with Crippen molar-refractivity contribution in [1.82, 2.24) is 23.9 Å². The molecule has 15 heteroatoms. The third-order valence-corrected chi connectivity index (χ3v) is 9.17. The van der Waals surface area contributed by atoms with Crippen LogP contribution in [0.3, 0.4) is 0 Å². The fourth-order valence-corrected chi connectivity index (χ4v) is 6.74. The molecule has 224 valence electrons. The summed E-state index contributed by atoms with van der Waals surface area (Å²) in [5.41, 5.74) is 0.862. The number of sulfonamides is 1. The standard InChI is InChI=1S/C26H36N6O8S/c1-4-6-23-27-17(3)24-26(34)28-25(29-31(23)24)21-14-20(7-8-22(21)39-5-2)41(37,38)30-11-9-18(10-12-30)13-19(15-33)16-40-32(35)36/h7-8,14,18-19,33H,4-6,9-13,15-16H2,1-3H3,(H,28,29,34). The predicted octanol–water partition coefficient (Wildman–Crippen LogP) is 2.35. The molecular formula is C26H36N6O8S. The summed E-state index contributed by atoms with van der Waals surface area (Å²) in [6.07, 6.45) is 3.02. The van der Waals surface area contributed by atoms with Crippen LogP contribution in [0.25, 0.3) is 16.9 Å². The van der Waals surface area contributed by atoms with Gasteiger partial charge in [-0.3, -0.25) is 4.79 Å². The summed E-state index contributed by atoms with van der Waals surface area (Å²) in [6.45, 7) is 5.97. The molecule has 2 aromatic heterocycles. The molecule has 1 unspecified atom stereocenters. The maximum absolute atomic E-state index is 13.7. The van der Waals surface area contributed by atoms with Gasteiger partial charge in [-0.05, 0) is 63.6 Å². The summed E-state index contributed by atoms with van der Waals surface area (Å²) in [7, 11) is -3.89. The van der Waals surface area contributed by atoms with E-state index in [1.165, 1.54) is 21.0 Å².